The predicted molar refractivity (Wildman–Crippen MR) is 69.4 cm³/mol. The van der Waals surface area contributed by atoms with Crippen LogP contribution in [0.5, 0.6) is 0 Å². The molecule has 1 aliphatic heterocycles. The van der Waals surface area contributed by atoms with E-state index in [9.17, 15) is 0 Å². The van der Waals surface area contributed by atoms with Gasteiger partial charge in [0.2, 0.25) is 0 Å². The Bertz CT molecular complexity index is 353. The number of hydrogen-bond donors (Lipinski definition) is 0. The van der Waals surface area contributed by atoms with E-state index in [2.05, 4.69) is 32.9 Å². The molecule has 0 spiro atoms. The Balaban J connectivity index is 2.10. The monoisotopic (exact) mass is 285 g/mol. The van der Waals surface area contributed by atoms with Crippen molar-refractivity contribution in [3.8, 4) is 0 Å². The summed E-state index contributed by atoms with van der Waals surface area (Å²) in [7, 11) is 2.04. The summed E-state index contributed by atoms with van der Waals surface area (Å²) in [5.74, 6) is 0. The van der Waals surface area contributed by atoms with Gasteiger partial charge >= 0.3 is 0 Å². The molecule has 0 bridgehead atoms. The highest BCUT2D eigenvalue weighted by atomic mass is 79.9. The van der Waals surface area contributed by atoms with Crippen molar-refractivity contribution in [1.29, 1.82) is 0 Å². The van der Waals surface area contributed by atoms with E-state index in [4.69, 9.17) is 0 Å². The molecule has 0 N–H and O–H groups in total. The summed E-state index contributed by atoms with van der Waals surface area (Å²) in [6.45, 7) is 5.65. The van der Waals surface area contributed by atoms with E-state index in [1.807, 2.05) is 11.7 Å². The van der Waals surface area contributed by atoms with Crippen LogP contribution in [0.1, 0.15) is 37.6 Å². The quantitative estimate of drug-likeness (QED) is 0.852. The molecule has 0 aliphatic carbocycles. The van der Waals surface area contributed by atoms with Gasteiger partial charge < -0.3 is 0 Å². The van der Waals surface area contributed by atoms with Gasteiger partial charge in [-0.15, -0.1) is 0 Å². The van der Waals surface area contributed by atoms with Gasteiger partial charge in [0, 0.05) is 13.6 Å². The fourth-order valence-corrected chi connectivity index (χ4v) is 3.06. The third kappa shape index (κ3) is 2.48. The third-order valence-corrected chi connectivity index (χ3v) is 4.24. The van der Waals surface area contributed by atoms with Crippen molar-refractivity contribution >= 4 is 15.9 Å². The van der Waals surface area contributed by atoms with E-state index in [0.717, 1.165) is 13.0 Å². The van der Waals surface area contributed by atoms with Crippen LogP contribution in [0.3, 0.4) is 0 Å². The Hall–Kier alpha value is -0.350. The molecule has 4 heteroatoms. The highest BCUT2D eigenvalue weighted by Crippen LogP contribution is 2.24. The van der Waals surface area contributed by atoms with Crippen molar-refractivity contribution in [3.63, 3.8) is 0 Å². The van der Waals surface area contributed by atoms with Crippen molar-refractivity contribution < 1.29 is 0 Å². The van der Waals surface area contributed by atoms with Gasteiger partial charge in [0.25, 0.3) is 0 Å². The number of halogens is 1. The second-order valence-corrected chi connectivity index (χ2v) is 5.31. The van der Waals surface area contributed by atoms with Crippen molar-refractivity contribution in [3.05, 3.63) is 15.9 Å². The number of aryl methyl sites for hydroxylation is 2. The van der Waals surface area contributed by atoms with E-state index in [1.54, 1.807) is 0 Å². The Kier molecular flexibility index (Phi) is 4.03. The molecule has 1 aromatic heterocycles. The summed E-state index contributed by atoms with van der Waals surface area (Å²) in [6, 6.07) is 0. The molecular formula is C12H20BrN3. The summed E-state index contributed by atoms with van der Waals surface area (Å²) in [4.78, 5) is 2.53. The molecule has 1 aliphatic rings. The molecule has 0 atom stereocenters. The lowest BCUT2D eigenvalue weighted by Gasteiger charge is -2.26. The van der Waals surface area contributed by atoms with Crippen LogP contribution in [-0.4, -0.2) is 27.8 Å². The van der Waals surface area contributed by atoms with Crippen LogP contribution in [0.25, 0.3) is 0 Å². The van der Waals surface area contributed by atoms with E-state index in [0.29, 0.717) is 0 Å². The van der Waals surface area contributed by atoms with Crippen LogP contribution in [0.4, 0.5) is 0 Å². The van der Waals surface area contributed by atoms with Gasteiger partial charge in [0.05, 0.1) is 15.9 Å². The minimum Gasteiger partial charge on any atom is -0.297 e. The van der Waals surface area contributed by atoms with E-state index < -0.39 is 0 Å². The predicted octanol–water partition coefficient (Wildman–Crippen LogP) is 2.73. The molecule has 0 amide bonds. The molecule has 3 nitrogen and oxygen atoms in total. The average Bonchev–Trinajstić information content (AvgIpc) is 2.58. The van der Waals surface area contributed by atoms with Gasteiger partial charge in [0.15, 0.2) is 0 Å². The standard InChI is InChI=1S/C12H20BrN3/c1-3-10-12(13)11(15(2)14-10)9-16-7-5-4-6-8-16/h3-9H2,1-2H3. The molecule has 0 saturated carbocycles. The van der Waals surface area contributed by atoms with Crippen LogP contribution >= 0.6 is 15.9 Å². The number of aromatic nitrogens is 2. The molecule has 1 aromatic rings. The molecule has 90 valence electrons. The first-order valence-corrected chi connectivity index (χ1v) is 6.94. The SMILES string of the molecule is CCc1nn(C)c(CN2CCCCC2)c1Br. The number of nitrogens with zero attached hydrogens (tertiary/aromatic N) is 3. The van der Waals surface area contributed by atoms with E-state index in [1.165, 1.54) is 48.2 Å². The largest absolute Gasteiger partial charge is 0.297 e. The molecule has 0 unspecified atom stereocenters. The summed E-state index contributed by atoms with van der Waals surface area (Å²) < 4.78 is 3.24. The highest BCUT2D eigenvalue weighted by Gasteiger charge is 2.17. The van der Waals surface area contributed by atoms with Gasteiger partial charge in [-0.1, -0.05) is 13.3 Å². The second kappa shape index (κ2) is 5.32. The number of hydrogen-bond acceptors (Lipinski definition) is 2. The Morgan fingerprint density at radius 1 is 1.25 bits per heavy atom. The Morgan fingerprint density at radius 2 is 1.94 bits per heavy atom. The van der Waals surface area contributed by atoms with Gasteiger partial charge in [0.1, 0.15) is 0 Å². The average molecular weight is 286 g/mol. The Morgan fingerprint density at radius 3 is 2.50 bits per heavy atom. The first-order chi connectivity index (χ1) is 7.72. The van der Waals surface area contributed by atoms with Gasteiger partial charge in [-0.2, -0.15) is 5.10 Å². The van der Waals surface area contributed by atoms with E-state index in [-0.39, 0.29) is 0 Å². The zero-order valence-electron chi connectivity index (χ0n) is 10.2. The molecule has 2 heterocycles. The minimum absolute atomic E-state index is 0.994. The van der Waals surface area contributed by atoms with Gasteiger partial charge in [-0.05, 0) is 48.3 Å². The first kappa shape index (κ1) is 12.1. The summed E-state index contributed by atoms with van der Waals surface area (Å²) in [6.07, 6.45) is 5.07. The molecule has 1 fully saturated rings. The van der Waals surface area contributed by atoms with Crippen molar-refractivity contribution in [2.45, 2.75) is 39.2 Å². The second-order valence-electron chi connectivity index (χ2n) is 4.52. The van der Waals surface area contributed by atoms with Crippen molar-refractivity contribution in [1.82, 2.24) is 14.7 Å². The fraction of sp³-hybridized carbons (Fsp3) is 0.750. The zero-order chi connectivity index (χ0) is 11.5. The number of rotatable bonds is 3. The maximum atomic E-state index is 4.54. The van der Waals surface area contributed by atoms with Gasteiger partial charge in [-0.25, -0.2) is 0 Å². The van der Waals surface area contributed by atoms with Crippen molar-refractivity contribution in [2.75, 3.05) is 13.1 Å². The molecule has 2 rings (SSSR count). The van der Waals surface area contributed by atoms with Gasteiger partial charge in [-0.3, -0.25) is 9.58 Å². The maximum Gasteiger partial charge on any atom is 0.0767 e. The minimum atomic E-state index is 0.994. The van der Waals surface area contributed by atoms with Crippen LogP contribution in [0.15, 0.2) is 4.47 Å². The molecule has 0 radical (unpaired) electrons. The van der Waals surface area contributed by atoms with Crippen LogP contribution < -0.4 is 0 Å². The first-order valence-electron chi connectivity index (χ1n) is 6.15. The van der Waals surface area contributed by atoms with E-state index >= 15 is 0 Å². The number of piperidine rings is 1. The summed E-state index contributed by atoms with van der Waals surface area (Å²) >= 11 is 3.68. The molecule has 1 saturated heterocycles. The highest BCUT2D eigenvalue weighted by molar-refractivity contribution is 9.10. The summed E-state index contributed by atoms with van der Waals surface area (Å²) in [5, 5.41) is 4.54. The zero-order valence-corrected chi connectivity index (χ0v) is 11.8. The number of likely N-dealkylation sites (tertiary alicyclic amines) is 1. The maximum absolute atomic E-state index is 4.54. The fourth-order valence-electron chi connectivity index (χ4n) is 2.32. The normalized spacial score (nSPS) is 17.9. The Labute approximate surface area is 106 Å². The lowest BCUT2D eigenvalue weighted by Crippen LogP contribution is -2.30. The van der Waals surface area contributed by atoms with Crippen LogP contribution in [-0.2, 0) is 20.0 Å². The van der Waals surface area contributed by atoms with Crippen LogP contribution in [0.2, 0.25) is 0 Å². The van der Waals surface area contributed by atoms with Crippen molar-refractivity contribution in [2.24, 2.45) is 7.05 Å². The molecule has 0 aromatic carbocycles. The third-order valence-electron chi connectivity index (χ3n) is 3.33. The lowest BCUT2D eigenvalue weighted by atomic mass is 10.1. The topological polar surface area (TPSA) is 21.1 Å². The molecular weight excluding hydrogens is 266 g/mol. The molecule has 16 heavy (non-hydrogen) atoms. The summed E-state index contributed by atoms with van der Waals surface area (Å²) in [5.41, 5.74) is 2.49. The smallest absolute Gasteiger partial charge is 0.0767 e. The van der Waals surface area contributed by atoms with Crippen LogP contribution in [0, 0.1) is 0 Å². The lowest BCUT2D eigenvalue weighted by molar-refractivity contribution is 0.215.